The highest BCUT2D eigenvalue weighted by Crippen LogP contribution is 2.25. The molecule has 1 atom stereocenters. The van der Waals surface area contributed by atoms with Gasteiger partial charge in [0.1, 0.15) is 11.8 Å². The van der Waals surface area contributed by atoms with Gasteiger partial charge < -0.3 is 15.0 Å². The number of aryl methyl sites for hydroxylation is 1. The Labute approximate surface area is 151 Å². The number of amides is 2. The van der Waals surface area contributed by atoms with Gasteiger partial charge in [-0.2, -0.15) is 0 Å². The maximum Gasteiger partial charge on any atom is 0.255 e. The van der Waals surface area contributed by atoms with E-state index in [0.29, 0.717) is 29.3 Å². The van der Waals surface area contributed by atoms with E-state index in [4.69, 9.17) is 16.3 Å². The molecule has 0 unspecified atom stereocenters. The summed E-state index contributed by atoms with van der Waals surface area (Å²) in [5.74, 6) is -0.0654. The fourth-order valence-corrected chi connectivity index (χ4v) is 3.06. The van der Waals surface area contributed by atoms with Crippen molar-refractivity contribution in [3.8, 4) is 5.75 Å². The molecule has 6 heteroatoms. The molecule has 25 heavy (non-hydrogen) atoms. The number of methoxy groups -OCH3 is 1. The molecule has 1 N–H and O–H groups in total. The van der Waals surface area contributed by atoms with Crippen molar-refractivity contribution in [1.82, 2.24) is 5.32 Å². The number of hydrogen-bond donors (Lipinski definition) is 1. The minimum Gasteiger partial charge on any atom is -0.496 e. The second kappa shape index (κ2) is 7.15. The second-order valence-corrected chi connectivity index (χ2v) is 6.42. The number of hydrogen-bond acceptors (Lipinski definition) is 3. The van der Waals surface area contributed by atoms with E-state index in [1.807, 2.05) is 31.2 Å². The van der Waals surface area contributed by atoms with Gasteiger partial charge in [-0.25, -0.2) is 0 Å². The van der Waals surface area contributed by atoms with Crippen LogP contribution in [0.5, 0.6) is 5.75 Å². The van der Waals surface area contributed by atoms with Gasteiger partial charge >= 0.3 is 0 Å². The van der Waals surface area contributed by atoms with Crippen LogP contribution in [0.3, 0.4) is 0 Å². The van der Waals surface area contributed by atoms with Crippen LogP contribution in [0.15, 0.2) is 42.5 Å². The highest BCUT2D eigenvalue weighted by Gasteiger charge is 2.34. The van der Waals surface area contributed by atoms with Crippen LogP contribution >= 0.6 is 11.6 Å². The third-order valence-corrected chi connectivity index (χ3v) is 4.50. The number of halogens is 1. The summed E-state index contributed by atoms with van der Waals surface area (Å²) in [6, 6.07) is 12.0. The molecule has 1 saturated heterocycles. The zero-order valence-corrected chi connectivity index (χ0v) is 14.8. The van der Waals surface area contributed by atoms with Gasteiger partial charge in [0.25, 0.3) is 5.91 Å². The van der Waals surface area contributed by atoms with Gasteiger partial charge in [-0.05, 0) is 43.7 Å². The van der Waals surface area contributed by atoms with E-state index in [1.54, 1.807) is 17.0 Å². The molecule has 130 valence electrons. The standard InChI is InChI=1S/C19H19ClN2O3/c1-12-3-6-14(7-4-12)22-10-9-16(19(22)24)21-18(23)15-11-13(20)5-8-17(15)25-2/h3-8,11,16H,9-10H2,1-2H3,(H,21,23)/t16-/m1/s1. The van der Waals surface area contributed by atoms with Crippen LogP contribution in [0.2, 0.25) is 5.02 Å². The predicted octanol–water partition coefficient (Wildman–Crippen LogP) is 3.19. The van der Waals surface area contributed by atoms with Crippen LogP contribution in [-0.2, 0) is 4.79 Å². The number of nitrogens with one attached hydrogen (secondary N) is 1. The van der Waals surface area contributed by atoms with Crippen molar-refractivity contribution in [1.29, 1.82) is 0 Å². The van der Waals surface area contributed by atoms with Crippen LogP contribution in [0, 0.1) is 6.92 Å². The lowest BCUT2D eigenvalue weighted by molar-refractivity contribution is -0.118. The fourth-order valence-electron chi connectivity index (χ4n) is 2.89. The van der Waals surface area contributed by atoms with Crippen LogP contribution in [0.4, 0.5) is 5.69 Å². The zero-order chi connectivity index (χ0) is 18.0. The summed E-state index contributed by atoms with van der Waals surface area (Å²) in [6.07, 6.45) is 0.557. The largest absolute Gasteiger partial charge is 0.496 e. The van der Waals surface area contributed by atoms with Crippen LogP contribution in [0.25, 0.3) is 0 Å². The van der Waals surface area contributed by atoms with E-state index in [-0.39, 0.29) is 11.8 Å². The van der Waals surface area contributed by atoms with Gasteiger partial charge in [-0.1, -0.05) is 29.3 Å². The first-order chi connectivity index (χ1) is 12.0. The first kappa shape index (κ1) is 17.3. The first-order valence-corrected chi connectivity index (χ1v) is 8.40. The molecule has 2 aromatic carbocycles. The minimum atomic E-state index is -0.558. The molecule has 2 amide bonds. The van der Waals surface area contributed by atoms with Crippen molar-refractivity contribution in [2.75, 3.05) is 18.6 Å². The molecule has 1 aliphatic heterocycles. The van der Waals surface area contributed by atoms with E-state index < -0.39 is 6.04 Å². The lowest BCUT2D eigenvalue weighted by Gasteiger charge is -2.18. The minimum absolute atomic E-state index is 0.113. The molecule has 0 aromatic heterocycles. The van der Waals surface area contributed by atoms with Crippen molar-refractivity contribution in [3.05, 3.63) is 58.6 Å². The fraction of sp³-hybridized carbons (Fsp3) is 0.263. The highest BCUT2D eigenvalue weighted by atomic mass is 35.5. The van der Waals surface area contributed by atoms with Crippen molar-refractivity contribution in [2.24, 2.45) is 0 Å². The van der Waals surface area contributed by atoms with Crippen molar-refractivity contribution in [3.63, 3.8) is 0 Å². The topological polar surface area (TPSA) is 58.6 Å². The van der Waals surface area contributed by atoms with Gasteiger partial charge in [0.05, 0.1) is 12.7 Å². The van der Waals surface area contributed by atoms with Gasteiger partial charge in [-0.15, -0.1) is 0 Å². The monoisotopic (exact) mass is 358 g/mol. The molecule has 0 saturated carbocycles. The Morgan fingerprint density at radius 3 is 2.64 bits per heavy atom. The van der Waals surface area contributed by atoms with Gasteiger partial charge in [-0.3, -0.25) is 9.59 Å². The highest BCUT2D eigenvalue weighted by molar-refractivity contribution is 6.31. The van der Waals surface area contributed by atoms with Gasteiger partial charge in [0.2, 0.25) is 5.91 Å². The Morgan fingerprint density at radius 1 is 1.24 bits per heavy atom. The Morgan fingerprint density at radius 2 is 1.96 bits per heavy atom. The molecule has 1 aliphatic rings. The molecule has 1 heterocycles. The summed E-state index contributed by atoms with van der Waals surface area (Å²) in [5, 5.41) is 3.22. The molecule has 2 aromatic rings. The van der Waals surface area contributed by atoms with Crippen molar-refractivity contribution in [2.45, 2.75) is 19.4 Å². The Balaban J connectivity index is 1.74. The number of carbonyl (C=O) groups excluding carboxylic acids is 2. The average Bonchev–Trinajstić information content (AvgIpc) is 2.96. The SMILES string of the molecule is COc1ccc(Cl)cc1C(=O)N[C@@H]1CCN(c2ccc(C)cc2)C1=O. The van der Waals surface area contributed by atoms with Crippen LogP contribution < -0.4 is 15.0 Å². The number of rotatable bonds is 4. The summed E-state index contributed by atoms with van der Waals surface area (Å²) in [6.45, 7) is 2.57. The summed E-state index contributed by atoms with van der Waals surface area (Å²) in [5.41, 5.74) is 2.29. The lowest BCUT2D eigenvalue weighted by Crippen LogP contribution is -2.41. The number of ether oxygens (including phenoxy) is 1. The summed E-state index contributed by atoms with van der Waals surface area (Å²) < 4.78 is 5.20. The molecule has 1 fully saturated rings. The first-order valence-electron chi connectivity index (χ1n) is 8.02. The Bertz CT molecular complexity index is 805. The number of anilines is 1. The van der Waals surface area contributed by atoms with Gasteiger partial charge in [0, 0.05) is 17.3 Å². The van der Waals surface area contributed by atoms with E-state index in [0.717, 1.165) is 11.3 Å². The maximum atomic E-state index is 12.6. The number of benzene rings is 2. The molecule has 3 rings (SSSR count). The molecule has 0 bridgehead atoms. The van der Waals surface area contributed by atoms with Crippen LogP contribution in [0.1, 0.15) is 22.3 Å². The predicted molar refractivity (Wildman–Crippen MR) is 97.4 cm³/mol. The molecule has 0 aliphatic carbocycles. The number of carbonyl (C=O) groups is 2. The average molecular weight is 359 g/mol. The maximum absolute atomic E-state index is 12.6. The molecule has 0 spiro atoms. The van der Waals surface area contributed by atoms with Crippen LogP contribution in [-0.4, -0.2) is 31.5 Å². The molecular weight excluding hydrogens is 340 g/mol. The summed E-state index contributed by atoms with van der Waals surface area (Å²) >= 11 is 5.97. The van der Waals surface area contributed by atoms with E-state index in [9.17, 15) is 9.59 Å². The van der Waals surface area contributed by atoms with Crippen molar-refractivity contribution >= 4 is 29.1 Å². The third kappa shape index (κ3) is 3.61. The molecular formula is C19H19ClN2O3. The summed E-state index contributed by atoms with van der Waals surface area (Å²) in [7, 11) is 1.49. The second-order valence-electron chi connectivity index (χ2n) is 5.98. The molecule has 5 nitrogen and oxygen atoms in total. The van der Waals surface area contributed by atoms with Crippen molar-refractivity contribution < 1.29 is 14.3 Å². The van der Waals surface area contributed by atoms with E-state index in [1.165, 1.54) is 13.2 Å². The number of nitrogens with zero attached hydrogens (tertiary/aromatic N) is 1. The Hall–Kier alpha value is -2.53. The van der Waals surface area contributed by atoms with E-state index >= 15 is 0 Å². The quantitative estimate of drug-likeness (QED) is 0.913. The smallest absolute Gasteiger partial charge is 0.255 e. The zero-order valence-electron chi connectivity index (χ0n) is 14.1. The third-order valence-electron chi connectivity index (χ3n) is 4.26. The van der Waals surface area contributed by atoms with E-state index in [2.05, 4.69) is 5.32 Å². The summed E-state index contributed by atoms with van der Waals surface area (Å²) in [4.78, 5) is 26.9. The normalized spacial score (nSPS) is 16.8. The van der Waals surface area contributed by atoms with Gasteiger partial charge in [0.15, 0.2) is 0 Å². The molecule has 0 radical (unpaired) electrons. The Kier molecular flexibility index (Phi) is 4.95. The lowest BCUT2D eigenvalue weighted by atomic mass is 10.1.